The molecular formula is C9H13ClN2O2S. The summed E-state index contributed by atoms with van der Waals surface area (Å²) in [5.41, 5.74) is 1.36. The third-order valence-corrected chi connectivity index (χ3v) is 3.76. The average molecular weight is 249 g/mol. The normalized spacial score (nSPS) is 11.8. The monoisotopic (exact) mass is 248 g/mol. The highest BCUT2D eigenvalue weighted by molar-refractivity contribution is 7.90. The van der Waals surface area contributed by atoms with Gasteiger partial charge in [0.1, 0.15) is 0 Å². The van der Waals surface area contributed by atoms with Gasteiger partial charge in [-0.25, -0.2) is 0 Å². The fourth-order valence-electron chi connectivity index (χ4n) is 0.897. The van der Waals surface area contributed by atoms with E-state index in [0.29, 0.717) is 10.7 Å². The Hall–Kier alpha value is -0.780. The predicted octanol–water partition coefficient (Wildman–Crippen LogP) is 1.87. The molecule has 0 bridgehead atoms. The van der Waals surface area contributed by atoms with Crippen molar-refractivity contribution in [2.75, 3.05) is 18.8 Å². The SMILES string of the molecule is Cc1ccc(NS(=O)(=O)N(C)C)cc1Cl. The molecular weight excluding hydrogens is 236 g/mol. The van der Waals surface area contributed by atoms with Crippen molar-refractivity contribution in [1.29, 1.82) is 0 Å². The van der Waals surface area contributed by atoms with Crippen molar-refractivity contribution in [2.24, 2.45) is 0 Å². The molecule has 0 radical (unpaired) electrons. The second-order valence-electron chi connectivity index (χ2n) is 3.35. The molecule has 1 N–H and O–H groups in total. The number of hydrogen-bond donors (Lipinski definition) is 1. The van der Waals surface area contributed by atoms with Crippen molar-refractivity contribution in [1.82, 2.24) is 4.31 Å². The maximum absolute atomic E-state index is 11.5. The van der Waals surface area contributed by atoms with Crippen LogP contribution in [-0.4, -0.2) is 26.8 Å². The lowest BCUT2D eigenvalue weighted by molar-refractivity contribution is 0.527. The topological polar surface area (TPSA) is 49.4 Å². The molecule has 0 amide bonds. The summed E-state index contributed by atoms with van der Waals surface area (Å²) >= 11 is 5.87. The molecule has 0 aliphatic heterocycles. The molecule has 0 saturated heterocycles. The molecule has 0 atom stereocenters. The molecule has 0 spiro atoms. The van der Waals surface area contributed by atoms with Crippen molar-refractivity contribution in [3.8, 4) is 0 Å². The highest BCUT2D eigenvalue weighted by Gasteiger charge is 2.12. The molecule has 1 aromatic rings. The number of nitrogens with one attached hydrogen (secondary N) is 1. The Kier molecular flexibility index (Phi) is 3.59. The molecule has 6 heteroatoms. The van der Waals surface area contributed by atoms with E-state index in [2.05, 4.69) is 4.72 Å². The molecule has 0 heterocycles. The van der Waals surface area contributed by atoms with Crippen molar-refractivity contribution < 1.29 is 8.42 Å². The summed E-state index contributed by atoms with van der Waals surface area (Å²) in [4.78, 5) is 0. The first-order valence-electron chi connectivity index (χ1n) is 4.29. The van der Waals surface area contributed by atoms with Crippen molar-refractivity contribution in [3.63, 3.8) is 0 Å². The number of rotatable bonds is 3. The molecule has 0 saturated carbocycles. The van der Waals surface area contributed by atoms with E-state index < -0.39 is 10.2 Å². The van der Waals surface area contributed by atoms with Crippen LogP contribution in [0.25, 0.3) is 0 Å². The lowest BCUT2D eigenvalue weighted by Crippen LogP contribution is -2.28. The van der Waals surface area contributed by atoms with Gasteiger partial charge < -0.3 is 0 Å². The number of aryl methyl sites for hydroxylation is 1. The second kappa shape index (κ2) is 4.38. The van der Waals surface area contributed by atoms with E-state index in [1.54, 1.807) is 18.2 Å². The van der Waals surface area contributed by atoms with E-state index in [4.69, 9.17) is 11.6 Å². The summed E-state index contributed by atoms with van der Waals surface area (Å²) in [7, 11) is -0.543. The molecule has 15 heavy (non-hydrogen) atoms. The Balaban J connectivity index is 2.96. The number of hydrogen-bond acceptors (Lipinski definition) is 2. The number of halogens is 1. The van der Waals surface area contributed by atoms with Gasteiger partial charge in [-0.1, -0.05) is 17.7 Å². The molecule has 4 nitrogen and oxygen atoms in total. The molecule has 0 unspecified atom stereocenters. The van der Waals surface area contributed by atoms with Gasteiger partial charge >= 0.3 is 10.2 Å². The minimum atomic E-state index is -3.46. The summed E-state index contributed by atoms with van der Waals surface area (Å²) < 4.78 is 26.4. The van der Waals surface area contributed by atoms with Crippen LogP contribution in [-0.2, 0) is 10.2 Å². The summed E-state index contributed by atoms with van der Waals surface area (Å²) in [5, 5.41) is 0.536. The summed E-state index contributed by atoms with van der Waals surface area (Å²) in [5.74, 6) is 0. The van der Waals surface area contributed by atoms with Crippen LogP contribution in [0, 0.1) is 6.92 Å². The zero-order valence-corrected chi connectivity index (χ0v) is 10.4. The van der Waals surface area contributed by atoms with Crippen molar-refractivity contribution >= 4 is 27.5 Å². The van der Waals surface area contributed by atoms with Gasteiger partial charge in [-0.3, -0.25) is 4.72 Å². The van der Waals surface area contributed by atoms with E-state index in [9.17, 15) is 8.42 Å². The van der Waals surface area contributed by atoms with E-state index in [-0.39, 0.29) is 0 Å². The van der Waals surface area contributed by atoms with Crippen LogP contribution in [0.4, 0.5) is 5.69 Å². The van der Waals surface area contributed by atoms with E-state index in [0.717, 1.165) is 9.87 Å². The first kappa shape index (κ1) is 12.3. The molecule has 0 aliphatic rings. The van der Waals surface area contributed by atoms with Gasteiger partial charge in [0.2, 0.25) is 0 Å². The van der Waals surface area contributed by atoms with E-state index in [1.165, 1.54) is 14.1 Å². The molecule has 84 valence electrons. The molecule has 0 aliphatic carbocycles. The second-order valence-corrected chi connectivity index (χ2v) is 5.65. The van der Waals surface area contributed by atoms with Crippen molar-refractivity contribution in [2.45, 2.75) is 6.92 Å². The maximum Gasteiger partial charge on any atom is 0.301 e. The van der Waals surface area contributed by atoms with Gasteiger partial charge in [-0.05, 0) is 24.6 Å². The quantitative estimate of drug-likeness (QED) is 0.888. The first-order valence-corrected chi connectivity index (χ1v) is 6.11. The third-order valence-electron chi connectivity index (χ3n) is 1.90. The number of benzene rings is 1. The van der Waals surface area contributed by atoms with Crippen LogP contribution in [0.15, 0.2) is 18.2 Å². The van der Waals surface area contributed by atoms with E-state index in [1.807, 2.05) is 6.92 Å². The summed E-state index contributed by atoms with van der Waals surface area (Å²) in [6, 6.07) is 5.01. The van der Waals surface area contributed by atoms with Gasteiger partial charge in [0.05, 0.1) is 5.69 Å². The zero-order chi connectivity index (χ0) is 11.6. The predicted molar refractivity (Wildman–Crippen MR) is 62.4 cm³/mol. The number of nitrogens with zero attached hydrogens (tertiary/aromatic N) is 1. The van der Waals surface area contributed by atoms with Crippen LogP contribution < -0.4 is 4.72 Å². The first-order chi connectivity index (χ1) is 6.83. The van der Waals surface area contributed by atoms with E-state index >= 15 is 0 Å². The summed E-state index contributed by atoms with van der Waals surface area (Å²) in [6.45, 7) is 1.85. The molecule has 1 rings (SSSR count). The van der Waals surface area contributed by atoms with Gasteiger partial charge in [-0.15, -0.1) is 0 Å². The largest absolute Gasteiger partial charge is 0.301 e. The molecule has 0 aromatic heterocycles. The fourth-order valence-corrected chi connectivity index (χ4v) is 1.68. The molecule has 0 fully saturated rings. The Labute approximate surface area is 95.0 Å². The van der Waals surface area contributed by atoms with Gasteiger partial charge in [0.15, 0.2) is 0 Å². The standard InChI is InChI=1S/C9H13ClN2O2S/c1-7-4-5-8(6-9(7)10)11-15(13,14)12(2)3/h4-6,11H,1-3H3. The highest BCUT2D eigenvalue weighted by Crippen LogP contribution is 2.20. The highest BCUT2D eigenvalue weighted by atomic mass is 35.5. The van der Waals surface area contributed by atoms with Gasteiger partial charge in [0.25, 0.3) is 0 Å². The van der Waals surface area contributed by atoms with Gasteiger partial charge in [-0.2, -0.15) is 12.7 Å². The fraction of sp³-hybridized carbons (Fsp3) is 0.333. The lowest BCUT2D eigenvalue weighted by atomic mass is 10.2. The number of anilines is 1. The minimum Gasteiger partial charge on any atom is -0.271 e. The van der Waals surface area contributed by atoms with Crippen LogP contribution in [0.3, 0.4) is 0 Å². The minimum absolute atomic E-state index is 0.458. The smallest absolute Gasteiger partial charge is 0.271 e. The molecule has 1 aromatic carbocycles. The zero-order valence-electron chi connectivity index (χ0n) is 8.78. The van der Waals surface area contributed by atoms with Crippen LogP contribution >= 0.6 is 11.6 Å². The lowest BCUT2D eigenvalue weighted by Gasteiger charge is -2.13. The maximum atomic E-state index is 11.5. The van der Waals surface area contributed by atoms with Crippen LogP contribution in [0.5, 0.6) is 0 Å². The van der Waals surface area contributed by atoms with Crippen LogP contribution in [0.1, 0.15) is 5.56 Å². The Morgan fingerprint density at radius 2 is 1.93 bits per heavy atom. The third kappa shape index (κ3) is 3.09. The van der Waals surface area contributed by atoms with Crippen molar-refractivity contribution in [3.05, 3.63) is 28.8 Å². The Bertz CT molecular complexity index is 457. The van der Waals surface area contributed by atoms with Gasteiger partial charge in [0, 0.05) is 19.1 Å². The van der Waals surface area contributed by atoms with Crippen LogP contribution in [0.2, 0.25) is 5.02 Å². The average Bonchev–Trinajstić information content (AvgIpc) is 2.10. The summed E-state index contributed by atoms with van der Waals surface area (Å²) in [6.07, 6.45) is 0. The Morgan fingerprint density at radius 3 is 2.40 bits per heavy atom. The Morgan fingerprint density at radius 1 is 1.33 bits per heavy atom.